The van der Waals surface area contributed by atoms with Crippen molar-refractivity contribution in [2.75, 3.05) is 18.8 Å². The topological polar surface area (TPSA) is 75.3 Å². The van der Waals surface area contributed by atoms with E-state index in [-0.39, 0.29) is 16.6 Å². The highest BCUT2D eigenvalue weighted by Gasteiger charge is 2.24. The molecule has 1 saturated carbocycles. The van der Waals surface area contributed by atoms with Gasteiger partial charge in [-0.1, -0.05) is 24.3 Å². The van der Waals surface area contributed by atoms with Gasteiger partial charge in [0, 0.05) is 30.2 Å². The molecule has 0 unspecified atom stereocenters. The summed E-state index contributed by atoms with van der Waals surface area (Å²) in [4.78, 5) is 12.4. The maximum Gasteiger partial charge on any atom is 0.251 e. The van der Waals surface area contributed by atoms with Crippen LogP contribution in [0, 0.1) is 11.7 Å². The number of halogens is 1. The maximum absolute atomic E-state index is 13.5. The summed E-state index contributed by atoms with van der Waals surface area (Å²) >= 11 is 1.52. The summed E-state index contributed by atoms with van der Waals surface area (Å²) in [5.41, 5.74) is 0.934. The van der Waals surface area contributed by atoms with Crippen molar-refractivity contribution in [3.05, 3.63) is 65.5 Å². The van der Waals surface area contributed by atoms with E-state index in [1.807, 2.05) is 0 Å². The van der Waals surface area contributed by atoms with Crippen LogP contribution in [0.5, 0.6) is 0 Å². The normalized spacial score (nSPS) is 14.0. The van der Waals surface area contributed by atoms with Crippen molar-refractivity contribution < 1.29 is 17.6 Å². The number of carbonyl (C=O) groups excluding carboxylic acids is 1. The molecular weight excluding hydrogens is 399 g/mol. The number of benzene rings is 2. The van der Waals surface area contributed by atoms with Crippen LogP contribution in [0.3, 0.4) is 0 Å². The fourth-order valence-corrected chi connectivity index (χ4v) is 4.58. The van der Waals surface area contributed by atoms with Gasteiger partial charge in [-0.15, -0.1) is 0 Å². The summed E-state index contributed by atoms with van der Waals surface area (Å²) in [5.74, 6) is 1.03. The largest absolute Gasteiger partial charge is 0.351 e. The average molecular weight is 423 g/mol. The average Bonchev–Trinajstić information content (AvgIpc) is 3.52. The number of carbonyl (C=O) groups is 1. The van der Waals surface area contributed by atoms with Gasteiger partial charge in [0.25, 0.3) is 5.91 Å². The summed E-state index contributed by atoms with van der Waals surface area (Å²) in [7, 11) is -3.60. The first-order valence-electron chi connectivity index (χ1n) is 9.15. The number of amides is 1. The molecule has 1 fully saturated rings. The molecule has 0 aromatic heterocycles. The number of hydrogen-bond donors (Lipinski definition) is 2. The van der Waals surface area contributed by atoms with Gasteiger partial charge in [-0.05, 0) is 48.6 Å². The Bertz CT molecular complexity index is 931. The smallest absolute Gasteiger partial charge is 0.251 e. The minimum absolute atomic E-state index is 0.0923. The molecule has 2 N–H and O–H groups in total. The molecule has 5 nitrogen and oxygen atoms in total. The molecule has 0 aliphatic heterocycles. The van der Waals surface area contributed by atoms with Gasteiger partial charge in [-0.2, -0.15) is 11.8 Å². The molecule has 150 valence electrons. The monoisotopic (exact) mass is 422 g/mol. The molecule has 2 aromatic rings. The Morgan fingerprint density at radius 2 is 1.93 bits per heavy atom. The fourth-order valence-electron chi connectivity index (χ4n) is 2.57. The van der Waals surface area contributed by atoms with Gasteiger partial charge in [0.1, 0.15) is 5.82 Å². The van der Waals surface area contributed by atoms with E-state index in [2.05, 4.69) is 10.0 Å². The molecule has 1 aliphatic rings. The molecule has 2 aromatic carbocycles. The number of hydrogen-bond acceptors (Lipinski definition) is 4. The lowest BCUT2D eigenvalue weighted by molar-refractivity contribution is 0.0956. The van der Waals surface area contributed by atoms with Gasteiger partial charge in [-0.3, -0.25) is 4.79 Å². The second-order valence-electron chi connectivity index (χ2n) is 6.72. The van der Waals surface area contributed by atoms with Crippen LogP contribution in [-0.2, 0) is 15.8 Å². The van der Waals surface area contributed by atoms with Crippen LogP contribution in [0.25, 0.3) is 0 Å². The molecule has 0 spiro atoms. The quantitative estimate of drug-likeness (QED) is 0.577. The van der Waals surface area contributed by atoms with Crippen LogP contribution in [0.15, 0.2) is 53.4 Å². The first-order valence-corrected chi connectivity index (χ1v) is 11.8. The molecule has 1 amide bonds. The third kappa shape index (κ3) is 6.05. The molecule has 0 heterocycles. The Morgan fingerprint density at radius 3 is 2.68 bits per heavy atom. The zero-order valence-corrected chi connectivity index (χ0v) is 17.0. The molecule has 3 rings (SSSR count). The molecule has 0 saturated heterocycles. The third-order valence-electron chi connectivity index (χ3n) is 4.41. The minimum Gasteiger partial charge on any atom is -0.351 e. The Kier molecular flexibility index (Phi) is 7.09. The predicted molar refractivity (Wildman–Crippen MR) is 109 cm³/mol. The van der Waals surface area contributed by atoms with Crippen molar-refractivity contribution >= 4 is 27.7 Å². The van der Waals surface area contributed by atoms with E-state index in [1.54, 1.807) is 30.3 Å². The lowest BCUT2D eigenvalue weighted by Gasteiger charge is -2.09. The maximum atomic E-state index is 13.5. The van der Waals surface area contributed by atoms with Crippen molar-refractivity contribution in [2.45, 2.75) is 23.5 Å². The second-order valence-corrected chi connectivity index (χ2v) is 9.60. The highest BCUT2D eigenvalue weighted by Crippen LogP contribution is 2.28. The molecule has 1 aliphatic carbocycles. The predicted octanol–water partition coefficient (Wildman–Crippen LogP) is 3.18. The van der Waals surface area contributed by atoms with Crippen LogP contribution < -0.4 is 10.0 Å². The van der Waals surface area contributed by atoms with Crippen LogP contribution in [-0.4, -0.2) is 33.2 Å². The number of thioether (sulfide) groups is 1. The van der Waals surface area contributed by atoms with E-state index < -0.39 is 10.0 Å². The summed E-state index contributed by atoms with van der Waals surface area (Å²) in [6, 6.07) is 12.6. The number of sulfonamides is 1. The summed E-state index contributed by atoms with van der Waals surface area (Å²) in [6.07, 6.45) is 2.11. The zero-order chi connectivity index (χ0) is 20.0. The fraction of sp³-hybridized carbons (Fsp3) is 0.350. The lowest BCUT2D eigenvalue weighted by atomic mass is 10.2. The third-order valence-corrected chi connectivity index (χ3v) is 6.84. The highest BCUT2D eigenvalue weighted by molar-refractivity contribution is 7.98. The van der Waals surface area contributed by atoms with Crippen molar-refractivity contribution in [1.29, 1.82) is 0 Å². The first kappa shape index (κ1) is 20.8. The summed E-state index contributed by atoms with van der Waals surface area (Å²) in [6.45, 7) is 0.854. The van der Waals surface area contributed by atoms with Crippen molar-refractivity contribution in [3.8, 4) is 0 Å². The van der Waals surface area contributed by atoms with Crippen molar-refractivity contribution in [1.82, 2.24) is 10.0 Å². The van der Waals surface area contributed by atoms with Crippen LogP contribution in [0.1, 0.15) is 28.8 Å². The molecule has 0 bridgehead atoms. The minimum atomic E-state index is -3.60. The Balaban J connectivity index is 1.47. The SMILES string of the molecule is O=C(NCCSCc1ccccc1F)c1cccc(S(=O)(=O)NCC2CC2)c1. The van der Waals surface area contributed by atoms with E-state index in [9.17, 15) is 17.6 Å². The summed E-state index contributed by atoms with van der Waals surface area (Å²) in [5, 5.41) is 2.77. The molecule has 28 heavy (non-hydrogen) atoms. The molecular formula is C20H23FN2O3S2. The van der Waals surface area contributed by atoms with E-state index in [1.165, 1.54) is 30.0 Å². The van der Waals surface area contributed by atoms with Gasteiger partial charge in [0.15, 0.2) is 0 Å². The van der Waals surface area contributed by atoms with E-state index in [0.717, 1.165) is 12.8 Å². The van der Waals surface area contributed by atoms with Crippen molar-refractivity contribution in [3.63, 3.8) is 0 Å². The Hall–Kier alpha value is -1.90. The van der Waals surface area contributed by atoms with Crippen molar-refractivity contribution in [2.24, 2.45) is 5.92 Å². The van der Waals surface area contributed by atoms with Crippen LogP contribution in [0.2, 0.25) is 0 Å². The highest BCUT2D eigenvalue weighted by atomic mass is 32.2. The lowest BCUT2D eigenvalue weighted by Crippen LogP contribution is -2.28. The molecule has 0 radical (unpaired) electrons. The van der Waals surface area contributed by atoms with Crippen LogP contribution in [0.4, 0.5) is 4.39 Å². The van der Waals surface area contributed by atoms with Gasteiger partial charge < -0.3 is 5.32 Å². The Labute approximate surface area is 169 Å². The van der Waals surface area contributed by atoms with Gasteiger partial charge in [0.2, 0.25) is 10.0 Å². The summed E-state index contributed by atoms with van der Waals surface area (Å²) < 4.78 is 40.8. The van der Waals surface area contributed by atoms with Gasteiger partial charge in [0.05, 0.1) is 4.90 Å². The Morgan fingerprint density at radius 1 is 1.14 bits per heavy atom. The number of rotatable bonds is 10. The zero-order valence-electron chi connectivity index (χ0n) is 15.4. The van der Waals surface area contributed by atoms with E-state index >= 15 is 0 Å². The number of nitrogens with one attached hydrogen (secondary N) is 2. The second kappa shape index (κ2) is 9.54. The molecule has 8 heteroatoms. The van der Waals surface area contributed by atoms with E-state index in [4.69, 9.17) is 0 Å². The van der Waals surface area contributed by atoms with Crippen LogP contribution >= 0.6 is 11.8 Å². The first-order chi connectivity index (χ1) is 13.5. The van der Waals surface area contributed by atoms with Gasteiger partial charge in [-0.25, -0.2) is 17.5 Å². The van der Waals surface area contributed by atoms with Gasteiger partial charge >= 0.3 is 0 Å². The standard InChI is InChI=1S/C20H23FN2O3S2/c21-19-7-2-1-4-17(19)14-27-11-10-22-20(24)16-5-3-6-18(12-16)28(25,26)23-13-15-8-9-15/h1-7,12,15,23H,8-11,13-14H2,(H,22,24). The molecule has 0 atom stereocenters. The van der Waals surface area contributed by atoms with E-state index in [0.29, 0.717) is 41.6 Å².